The monoisotopic (exact) mass is 374 g/mol. The predicted molar refractivity (Wildman–Crippen MR) is 105 cm³/mol. The molecule has 0 aliphatic carbocycles. The van der Waals surface area contributed by atoms with Crippen LogP contribution in [0.1, 0.15) is 39.2 Å². The molecular formula is C22H22N4O2. The molecule has 1 atom stereocenters. The minimum atomic E-state index is -0.244. The SMILES string of the molecule is Cc1cnc(C(=O)N2CCO[C@H](c3cccc(Cc4ccccc4)n3)C2)cn1. The maximum absolute atomic E-state index is 12.7. The highest BCUT2D eigenvalue weighted by atomic mass is 16.5. The Bertz CT molecular complexity index is 944. The topological polar surface area (TPSA) is 68.2 Å². The Morgan fingerprint density at radius 3 is 2.75 bits per heavy atom. The first-order chi connectivity index (χ1) is 13.7. The molecule has 142 valence electrons. The molecule has 1 aliphatic heterocycles. The molecule has 6 nitrogen and oxygen atoms in total. The van der Waals surface area contributed by atoms with Gasteiger partial charge in [-0.3, -0.25) is 14.8 Å². The van der Waals surface area contributed by atoms with Crippen LogP contribution in [0.2, 0.25) is 0 Å². The number of carbonyl (C=O) groups excluding carboxylic acids is 1. The molecule has 1 saturated heterocycles. The zero-order chi connectivity index (χ0) is 19.3. The van der Waals surface area contributed by atoms with Crippen molar-refractivity contribution in [3.05, 3.63) is 89.3 Å². The molecule has 0 spiro atoms. The lowest BCUT2D eigenvalue weighted by atomic mass is 10.1. The van der Waals surface area contributed by atoms with E-state index in [1.807, 2.05) is 43.3 Å². The molecule has 1 aliphatic rings. The fourth-order valence-electron chi connectivity index (χ4n) is 3.26. The normalized spacial score (nSPS) is 16.8. The molecule has 1 fully saturated rings. The summed E-state index contributed by atoms with van der Waals surface area (Å²) in [5.74, 6) is -0.124. The number of hydrogen-bond acceptors (Lipinski definition) is 5. The molecule has 3 heterocycles. The van der Waals surface area contributed by atoms with Gasteiger partial charge in [0.25, 0.3) is 5.91 Å². The Hall–Kier alpha value is -3.12. The van der Waals surface area contributed by atoms with E-state index in [4.69, 9.17) is 9.72 Å². The summed E-state index contributed by atoms with van der Waals surface area (Å²) in [6.07, 6.45) is 3.66. The number of aryl methyl sites for hydroxylation is 1. The van der Waals surface area contributed by atoms with Crippen molar-refractivity contribution in [3.63, 3.8) is 0 Å². The van der Waals surface area contributed by atoms with Gasteiger partial charge in [0.15, 0.2) is 0 Å². The van der Waals surface area contributed by atoms with Gasteiger partial charge in [0.2, 0.25) is 0 Å². The van der Waals surface area contributed by atoms with Gasteiger partial charge in [-0.05, 0) is 24.6 Å². The lowest BCUT2D eigenvalue weighted by Gasteiger charge is -2.32. The first-order valence-corrected chi connectivity index (χ1v) is 9.38. The third kappa shape index (κ3) is 4.23. The Morgan fingerprint density at radius 1 is 1.11 bits per heavy atom. The van der Waals surface area contributed by atoms with Gasteiger partial charge in [0.1, 0.15) is 11.8 Å². The summed E-state index contributed by atoms with van der Waals surface area (Å²) in [5.41, 5.74) is 4.19. The molecule has 0 bridgehead atoms. The summed E-state index contributed by atoms with van der Waals surface area (Å²) in [6, 6.07) is 16.2. The predicted octanol–water partition coefficient (Wildman–Crippen LogP) is 2.98. The van der Waals surface area contributed by atoms with Crippen LogP contribution in [0.5, 0.6) is 0 Å². The maximum Gasteiger partial charge on any atom is 0.274 e. The zero-order valence-corrected chi connectivity index (χ0v) is 15.8. The van der Waals surface area contributed by atoms with Gasteiger partial charge in [-0.25, -0.2) is 4.98 Å². The lowest BCUT2D eigenvalue weighted by Crippen LogP contribution is -2.42. The molecule has 0 unspecified atom stereocenters. The Labute approximate surface area is 164 Å². The van der Waals surface area contributed by atoms with Gasteiger partial charge in [-0.1, -0.05) is 36.4 Å². The van der Waals surface area contributed by atoms with Crippen molar-refractivity contribution in [3.8, 4) is 0 Å². The Morgan fingerprint density at radius 2 is 1.96 bits per heavy atom. The number of pyridine rings is 1. The highest BCUT2D eigenvalue weighted by Crippen LogP contribution is 2.22. The van der Waals surface area contributed by atoms with Gasteiger partial charge in [-0.2, -0.15) is 0 Å². The molecule has 1 amide bonds. The van der Waals surface area contributed by atoms with E-state index in [9.17, 15) is 4.79 Å². The first-order valence-electron chi connectivity index (χ1n) is 9.38. The van der Waals surface area contributed by atoms with Crippen LogP contribution < -0.4 is 0 Å². The van der Waals surface area contributed by atoms with Crippen LogP contribution in [-0.4, -0.2) is 45.5 Å². The maximum atomic E-state index is 12.7. The van der Waals surface area contributed by atoms with E-state index in [2.05, 4.69) is 22.1 Å². The molecule has 0 saturated carbocycles. The fraction of sp³-hybridized carbons (Fsp3) is 0.273. The van der Waals surface area contributed by atoms with E-state index in [1.165, 1.54) is 11.8 Å². The highest BCUT2D eigenvalue weighted by Gasteiger charge is 2.27. The largest absolute Gasteiger partial charge is 0.368 e. The zero-order valence-electron chi connectivity index (χ0n) is 15.8. The molecule has 4 rings (SSSR count). The molecule has 28 heavy (non-hydrogen) atoms. The number of amides is 1. The lowest BCUT2D eigenvalue weighted by molar-refractivity contribution is -0.0250. The van der Waals surface area contributed by atoms with Crippen molar-refractivity contribution >= 4 is 5.91 Å². The number of aromatic nitrogens is 3. The molecule has 3 aromatic rings. The van der Waals surface area contributed by atoms with E-state index in [0.717, 1.165) is 23.5 Å². The molecule has 0 N–H and O–H groups in total. The average Bonchev–Trinajstić information content (AvgIpc) is 2.75. The van der Waals surface area contributed by atoms with Crippen LogP contribution in [0.25, 0.3) is 0 Å². The number of nitrogens with zero attached hydrogens (tertiary/aromatic N) is 4. The molecular weight excluding hydrogens is 352 g/mol. The number of ether oxygens (including phenoxy) is 1. The van der Waals surface area contributed by atoms with Crippen LogP contribution in [0, 0.1) is 6.92 Å². The standard InChI is InChI=1S/C22H22N4O2/c1-16-13-24-20(14-23-16)22(27)26-10-11-28-21(15-26)19-9-5-8-18(25-19)12-17-6-3-2-4-7-17/h2-9,13-14,21H,10-12,15H2,1H3/t21-/m0/s1. The minimum Gasteiger partial charge on any atom is -0.368 e. The summed E-state index contributed by atoms with van der Waals surface area (Å²) in [4.78, 5) is 27.7. The number of rotatable bonds is 4. The second kappa shape index (κ2) is 8.27. The summed E-state index contributed by atoms with van der Waals surface area (Å²) < 4.78 is 5.91. The summed E-state index contributed by atoms with van der Waals surface area (Å²) in [6.45, 7) is 3.31. The number of benzene rings is 1. The number of morpholine rings is 1. The van der Waals surface area contributed by atoms with Crippen molar-refractivity contribution in [2.45, 2.75) is 19.4 Å². The quantitative estimate of drug-likeness (QED) is 0.702. The van der Waals surface area contributed by atoms with E-state index in [0.29, 0.717) is 25.4 Å². The molecule has 2 aromatic heterocycles. The van der Waals surface area contributed by atoms with Gasteiger partial charge in [-0.15, -0.1) is 0 Å². The van der Waals surface area contributed by atoms with Crippen LogP contribution >= 0.6 is 0 Å². The average molecular weight is 374 g/mol. The first kappa shape index (κ1) is 18.3. The van der Waals surface area contributed by atoms with E-state index >= 15 is 0 Å². The smallest absolute Gasteiger partial charge is 0.274 e. The Kier molecular flexibility index (Phi) is 5.39. The second-order valence-corrected chi connectivity index (χ2v) is 6.87. The van der Waals surface area contributed by atoms with Crippen LogP contribution in [0.4, 0.5) is 0 Å². The third-order valence-corrected chi connectivity index (χ3v) is 4.74. The van der Waals surface area contributed by atoms with Gasteiger partial charge >= 0.3 is 0 Å². The summed E-state index contributed by atoms with van der Waals surface area (Å²) >= 11 is 0. The van der Waals surface area contributed by atoms with Gasteiger partial charge in [0.05, 0.1) is 30.7 Å². The molecule has 6 heteroatoms. The summed E-state index contributed by atoms with van der Waals surface area (Å²) in [7, 11) is 0. The van der Waals surface area contributed by atoms with Crippen molar-refractivity contribution < 1.29 is 9.53 Å². The minimum absolute atomic E-state index is 0.124. The number of hydrogen-bond donors (Lipinski definition) is 0. The van der Waals surface area contributed by atoms with Crippen molar-refractivity contribution in [2.75, 3.05) is 19.7 Å². The fourth-order valence-corrected chi connectivity index (χ4v) is 3.26. The van der Waals surface area contributed by atoms with E-state index < -0.39 is 0 Å². The van der Waals surface area contributed by atoms with Gasteiger partial charge < -0.3 is 9.64 Å². The third-order valence-electron chi connectivity index (χ3n) is 4.74. The van der Waals surface area contributed by atoms with Crippen LogP contribution in [-0.2, 0) is 11.2 Å². The van der Waals surface area contributed by atoms with Crippen molar-refractivity contribution in [1.82, 2.24) is 19.9 Å². The van der Waals surface area contributed by atoms with Crippen LogP contribution in [0.3, 0.4) is 0 Å². The number of carbonyl (C=O) groups is 1. The van der Waals surface area contributed by atoms with Crippen LogP contribution in [0.15, 0.2) is 60.9 Å². The van der Waals surface area contributed by atoms with E-state index in [1.54, 1.807) is 11.1 Å². The molecule has 0 radical (unpaired) electrons. The van der Waals surface area contributed by atoms with Gasteiger partial charge in [0, 0.05) is 24.9 Å². The summed E-state index contributed by atoms with van der Waals surface area (Å²) in [5, 5.41) is 0. The molecule has 1 aromatic carbocycles. The van der Waals surface area contributed by atoms with E-state index in [-0.39, 0.29) is 12.0 Å². The Balaban J connectivity index is 1.48. The highest BCUT2D eigenvalue weighted by molar-refractivity contribution is 5.92. The second-order valence-electron chi connectivity index (χ2n) is 6.87. The van der Waals surface area contributed by atoms with Crippen molar-refractivity contribution in [1.29, 1.82) is 0 Å². The van der Waals surface area contributed by atoms with Crippen molar-refractivity contribution in [2.24, 2.45) is 0 Å².